The van der Waals surface area contributed by atoms with Gasteiger partial charge in [-0.05, 0) is 19.1 Å². The average molecular weight is 333 g/mol. The highest BCUT2D eigenvalue weighted by molar-refractivity contribution is 7.15. The summed E-state index contributed by atoms with van der Waals surface area (Å²) in [5.41, 5.74) is 1.99. The van der Waals surface area contributed by atoms with Gasteiger partial charge >= 0.3 is 0 Å². The molecule has 0 aliphatic rings. The lowest BCUT2D eigenvalue weighted by molar-refractivity contribution is -0.114. The van der Waals surface area contributed by atoms with E-state index in [-0.39, 0.29) is 11.8 Å². The minimum Gasteiger partial charge on any atom is -0.383 e. The van der Waals surface area contributed by atoms with Crippen LogP contribution in [0.15, 0.2) is 24.3 Å². The molecule has 0 aliphatic carbocycles. The van der Waals surface area contributed by atoms with Crippen LogP contribution in [0.1, 0.15) is 22.3 Å². The molecule has 2 N–H and O–H groups in total. The van der Waals surface area contributed by atoms with Gasteiger partial charge in [0.1, 0.15) is 10.7 Å². The molecule has 0 atom stereocenters. The molecule has 0 saturated carbocycles. The number of nitrogens with zero attached hydrogens (tertiary/aromatic N) is 1. The normalized spacial score (nSPS) is 10.4. The van der Waals surface area contributed by atoms with Crippen LogP contribution in [0.5, 0.6) is 0 Å². The molecular formula is C16H19N3O3S. The highest BCUT2D eigenvalue weighted by atomic mass is 32.1. The molecule has 1 aromatic heterocycles. The van der Waals surface area contributed by atoms with E-state index in [4.69, 9.17) is 4.74 Å². The van der Waals surface area contributed by atoms with Crippen molar-refractivity contribution in [2.24, 2.45) is 0 Å². The summed E-state index contributed by atoms with van der Waals surface area (Å²) in [5, 5.41) is 6.25. The minimum atomic E-state index is -0.208. The SMILES string of the molecule is COCCNC(=O)c1nc(-c2cccc(NC(C)=O)c2)sc1C. The molecule has 1 heterocycles. The summed E-state index contributed by atoms with van der Waals surface area (Å²) in [6.45, 7) is 4.23. The zero-order valence-corrected chi connectivity index (χ0v) is 14.1. The fourth-order valence-corrected chi connectivity index (χ4v) is 2.92. The molecule has 2 aromatic rings. The van der Waals surface area contributed by atoms with Crippen LogP contribution >= 0.6 is 11.3 Å². The maximum atomic E-state index is 12.1. The zero-order chi connectivity index (χ0) is 16.8. The molecule has 23 heavy (non-hydrogen) atoms. The number of ether oxygens (including phenoxy) is 1. The Labute approximate surface area is 138 Å². The summed E-state index contributed by atoms with van der Waals surface area (Å²) in [5.74, 6) is -0.337. The van der Waals surface area contributed by atoms with Gasteiger partial charge in [-0.1, -0.05) is 12.1 Å². The topological polar surface area (TPSA) is 80.3 Å². The van der Waals surface area contributed by atoms with Gasteiger partial charge in [0.05, 0.1) is 6.61 Å². The average Bonchev–Trinajstić information content (AvgIpc) is 2.89. The summed E-state index contributed by atoms with van der Waals surface area (Å²) in [6.07, 6.45) is 0. The van der Waals surface area contributed by atoms with Crippen LogP contribution in [-0.4, -0.2) is 37.1 Å². The number of hydrogen-bond acceptors (Lipinski definition) is 5. The summed E-state index contributed by atoms with van der Waals surface area (Å²) >= 11 is 1.45. The van der Waals surface area contributed by atoms with Gasteiger partial charge in [-0.15, -0.1) is 11.3 Å². The molecule has 7 heteroatoms. The van der Waals surface area contributed by atoms with E-state index in [0.717, 1.165) is 15.4 Å². The lowest BCUT2D eigenvalue weighted by atomic mass is 10.2. The maximum absolute atomic E-state index is 12.1. The van der Waals surface area contributed by atoms with Gasteiger partial charge in [0.2, 0.25) is 5.91 Å². The van der Waals surface area contributed by atoms with Crippen molar-refractivity contribution in [2.45, 2.75) is 13.8 Å². The van der Waals surface area contributed by atoms with Gasteiger partial charge in [0, 0.05) is 36.7 Å². The lowest BCUT2D eigenvalue weighted by Gasteiger charge is -2.03. The Balaban J connectivity index is 2.20. The summed E-state index contributed by atoms with van der Waals surface area (Å²) in [6, 6.07) is 7.39. The molecule has 0 fully saturated rings. The Morgan fingerprint density at radius 3 is 2.83 bits per heavy atom. The lowest BCUT2D eigenvalue weighted by Crippen LogP contribution is -2.27. The molecule has 6 nitrogen and oxygen atoms in total. The van der Waals surface area contributed by atoms with E-state index >= 15 is 0 Å². The molecule has 0 unspecified atom stereocenters. The van der Waals surface area contributed by atoms with E-state index in [0.29, 0.717) is 24.5 Å². The van der Waals surface area contributed by atoms with Gasteiger partial charge in [0.25, 0.3) is 5.91 Å². The predicted molar refractivity (Wildman–Crippen MR) is 90.8 cm³/mol. The first kappa shape index (κ1) is 17.1. The van der Waals surface area contributed by atoms with E-state index in [1.165, 1.54) is 18.3 Å². The largest absolute Gasteiger partial charge is 0.383 e. The van der Waals surface area contributed by atoms with Crippen LogP contribution in [0.4, 0.5) is 5.69 Å². The zero-order valence-electron chi connectivity index (χ0n) is 13.3. The van der Waals surface area contributed by atoms with Crippen molar-refractivity contribution in [1.29, 1.82) is 0 Å². The van der Waals surface area contributed by atoms with Crippen LogP contribution < -0.4 is 10.6 Å². The molecule has 1 aromatic carbocycles. The van der Waals surface area contributed by atoms with Crippen LogP contribution in [0.2, 0.25) is 0 Å². The first-order valence-electron chi connectivity index (χ1n) is 7.14. The number of aryl methyl sites for hydroxylation is 1. The Morgan fingerprint density at radius 2 is 2.13 bits per heavy atom. The second-order valence-corrected chi connectivity index (χ2v) is 6.14. The van der Waals surface area contributed by atoms with E-state index in [2.05, 4.69) is 15.6 Å². The van der Waals surface area contributed by atoms with Gasteiger partial charge in [-0.25, -0.2) is 4.98 Å². The number of aromatic nitrogens is 1. The quantitative estimate of drug-likeness (QED) is 0.796. The smallest absolute Gasteiger partial charge is 0.271 e. The highest BCUT2D eigenvalue weighted by Gasteiger charge is 2.16. The third-order valence-corrected chi connectivity index (χ3v) is 4.05. The molecule has 2 amide bonds. The summed E-state index contributed by atoms with van der Waals surface area (Å²) in [7, 11) is 1.58. The number of carbonyl (C=O) groups excluding carboxylic acids is 2. The Morgan fingerprint density at radius 1 is 1.35 bits per heavy atom. The van der Waals surface area contributed by atoms with Gasteiger partial charge in [0.15, 0.2) is 0 Å². The Hall–Kier alpha value is -2.25. The van der Waals surface area contributed by atoms with Crippen molar-refractivity contribution in [3.8, 4) is 10.6 Å². The number of nitrogens with one attached hydrogen (secondary N) is 2. The number of rotatable bonds is 6. The fourth-order valence-electron chi connectivity index (χ4n) is 2.01. The predicted octanol–water partition coefficient (Wildman–Crippen LogP) is 2.45. The molecule has 0 saturated heterocycles. The monoisotopic (exact) mass is 333 g/mol. The maximum Gasteiger partial charge on any atom is 0.271 e. The van der Waals surface area contributed by atoms with Gasteiger partial charge in [-0.2, -0.15) is 0 Å². The Kier molecular flexibility index (Phi) is 5.84. The molecule has 0 spiro atoms. The second-order valence-electron chi connectivity index (χ2n) is 4.93. The van der Waals surface area contributed by atoms with E-state index < -0.39 is 0 Å². The van der Waals surface area contributed by atoms with Gasteiger partial charge in [-0.3, -0.25) is 9.59 Å². The number of methoxy groups -OCH3 is 1. The third-order valence-electron chi connectivity index (χ3n) is 3.03. The van der Waals surface area contributed by atoms with Crippen molar-refractivity contribution in [3.05, 3.63) is 34.8 Å². The fraction of sp³-hybridized carbons (Fsp3) is 0.312. The van der Waals surface area contributed by atoms with Crippen molar-refractivity contribution in [3.63, 3.8) is 0 Å². The van der Waals surface area contributed by atoms with E-state index in [1.54, 1.807) is 7.11 Å². The summed E-state index contributed by atoms with van der Waals surface area (Å²) in [4.78, 5) is 28.5. The first-order chi connectivity index (χ1) is 11.0. The number of hydrogen-bond donors (Lipinski definition) is 2. The number of amides is 2. The third kappa shape index (κ3) is 4.61. The number of thiazole rings is 1. The summed E-state index contributed by atoms with van der Waals surface area (Å²) < 4.78 is 4.91. The van der Waals surface area contributed by atoms with E-state index in [1.807, 2.05) is 31.2 Å². The van der Waals surface area contributed by atoms with Crippen molar-refractivity contribution < 1.29 is 14.3 Å². The molecular weight excluding hydrogens is 314 g/mol. The number of benzene rings is 1. The molecule has 0 radical (unpaired) electrons. The van der Waals surface area contributed by atoms with Crippen LogP contribution in [-0.2, 0) is 9.53 Å². The number of carbonyl (C=O) groups is 2. The van der Waals surface area contributed by atoms with Crippen molar-refractivity contribution >= 4 is 28.8 Å². The van der Waals surface area contributed by atoms with Crippen LogP contribution in [0, 0.1) is 6.92 Å². The molecule has 0 bridgehead atoms. The molecule has 122 valence electrons. The van der Waals surface area contributed by atoms with Crippen molar-refractivity contribution in [1.82, 2.24) is 10.3 Å². The minimum absolute atomic E-state index is 0.129. The first-order valence-corrected chi connectivity index (χ1v) is 7.95. The second kappa shape index (κ2) is 7.85. The van der Waals surface area contributed by atoms with Gasteiger partial charge < -0.3 is 15.4 Å². The standard InChI is InChI=1S/C16H19N3O3S/c1-10-14(15(21)17-7-8-22-3)19-16(23-10)12-5-4-6-13(9-12)18-11(2)20/h4-6,9H,7-8H2,1-3H3,(H,17,21)(H,18,20). The van der Waals surface area contributed by atoms with E-state index in [9.17, 15) is 9.59 Å². The van der Waals surface area contributed by atoms with Crippen LogP contribution in [0.25, 0.3) is 10.6 Å². The Bertz CT molecular complexity index is 712. The van der Waals surface area contributed by atoms with Crippen molar-refractivity contribution in [2.75, 3.05) is 25.6 Å². The van der Waals surface area contributed by atoms with Crippen LogP contribution in [0.3, 0.4) is 0 Å². The molecule has 0 aliphatic heterocycles. The molecule has 2 rings (SSSR count). The highest BCUT2D eigenvalue weighted by Crippen LogP contribution is 2.29. The number of anilines is 1.